The number of sulfonamides is 1. The van der Waals surface area contributed by atoms with Crippen LogP contribution in [0, 0.1) is 13.8 Å². The van der Waals surface area contributed by atoms with Crippen LogP contribution >= 0.6 is 27.3 Å². The third kappa shape index (κ3) is 3.17. The Morgan fingerprint density at radius 2 is 2.05 bits per heavy atom. The topological polar surface area (TPSA) is 98.0 Å². The number of aromatic nitrogens is 2. The maximum Gasteiger partial charge on any atom is 0.264 e. The van der Waals surface area contributed by atoms with E-state index in [4.69, 9.17) is 5.73 Å². The van der Waals surface area contributed by atoms with Crippen LogP contribution in [0.15, 0.2) is 21.5 Å². The van der Waals surface area contributed by atoms with Gasteiger partial charge in [-0.25, -0.2) is 8.42 Å². The molecule has 1 aromatic carbocycles. The number of anilines is 1. The van der Waals surface area contributed by atoms with Crippen LogP contribution < -0.4 is 10.5 Å². The summed E-state index contributed by atoms with van der Waals surface area (Å²) in [5.74, 6) is 0. The lowest BCUT2D eigenvalue weighted by Crippen LogP contribution is -2.15. The summed E-state index contributed by atoms with van der Waals surface area (Å²) in [7, 11) is -3.71. The minimum atomic E-state index is -3.71. The van der Waals surface area contributed by atoms with Gasteiger partial charge < -0.3 is 5.73 Å². The van der Waals surface area contributed by atoms with E-state index in [1.54, 1.807) is 19.9 Å². The van der Waals surface area contributed by atoms with E-state index < -0.39 is 10.0 Å². The first-order valence-electron chi connectivity index (χ1n) is 5.65. The van der Waals surface area contributed by atoms with Crippen LogP contribution in [-0.2, 0) is 16.6 Å². The van der Waals surface area contributed by atoms with Gasteiger partial charge in [0.25, 0.3) is 10.0 Å². The van der Waals surface area contributed by atoms with Crippen molar-refractivity contribution in [1.29, 1.82) is 0 Å². The predicted octanol–water partition coefficient (Wildman–Crippen LogP) is 2.18. The number of hydrogen-bond acceptors (Lipinski definition) is 6. The largest absolute Gasteiger partial charge is 0.326 e. The second kappa shape index (κ2) is 5.76. The maximum atomic E-state index is 12.4. The zero-order valence-corrected chi connectivity index (χ0v) is 14.1. The lowest BCUT2D eigenvalue weighted by atomic mass is 10.1. The minimum Gasteiger partial charge on any atom is -0.326 e. The summed E-state index contributed by atoms with van der Waals surface area (Å²) in [6, 6.07) is 3.37. The van der Waals surface area contributed by atoms with Crippen LogP contribution in [0.2, 0.25) is 0 Å². The first-order chi connectivity index (χ1) is 9.33. The monoisotopic (exact) mass is 376 g/mol. The lowest BCUT2D eigenvalue weighted by Gasteiger charge is -2.11. The number of halogens is 1. The predicted molar refractivity (Wildman–Crippen MR) is 82.2 cm³/mol. The van der Waals surface area contributed by atoms with E-state index in [0.717, 1.165) is 5.56 Å². The third-order valence-electron chi connectivity index (χ3n) is 2.63. The molecule has 0 radical (unpaired) electrons. The number of hydrogen-bond donors (Lipinski definition) is 2. The molecule has 1 aromatic heterocycles. The Morgan fingerprint density at radius 1 is 1.35 bits per heavy atom. The van der Waals surface area contributed by atoms with E-state index in [-0.39, 0.29) is 16.6 Å². The molecule has 6 nitrogen and oxygen atoms in total. The minimum absolute atomic E-state index is 0.181. The van der Waals surface area contributed by atoms with Gasteiger partial charge in [0.1, 0.15) is 5.01 Å². The third-order valence-corrected chi connectivity index (χ3v) is 5.80. The fraction of sp³-hybridized carbons (Fsp3) is 0.273. The van der Waals surface area contributed by atoms with Crippen LogP contribution in [0.3, 0.4) is 0 Å². The molecule has 0 saturated heterocycles. The summed E-state index contributed by atoms with van der Waals surface area (Å²) in [5.41, 5.74) is 6.93. The van der Waals surface area contributed by atoms with Gasteiger partial charge in [-0.05, 0) is 37.1 Å². The lowest BCUT2D eigenvalue weighted by molar-refractivity contribution is 0.600. The Labute approximate surface area is 129 Å². The van der Waals surface area contributed by atoms with Crippen molar-refractivity contribution >= 4 is 42.4 Å². The molecular formula is C11H13BrN4O2S2. The van der Waals surface area contributed by atoms with Crippen molar-refractivity contribution in [3.8, 4) is 0 Å². The highest BCUT2D eigenvalue weighted by Gasteiger charge is 2.21. The molecular weight excluding hydrogens is 364 g/mol. The number of rotatable bonds is 4. The van der Waals surface area contributed by atoms with Crippen LogP contribution in [0.5, 0.6) is 0 Å². The smallest absolute Gasteiger partial charge is 0.264 e. The van der Waals surface area contributed by atoms with Crippen molar-refractivity contribution in [2.45, 2.75) is 25.3 Å². The van der Waals surface area contributed by atoms with Crippen molar-refractivity contribution in [3.05, 3.63) is 32.7 Å². The Kier molecular flexibility index (Phi) is 4.43. The van der Waals surface area contributed by atoms with E-state index in [9.17, 15) is 8.42 Å². The molecule has 2 aromatic rings. The van der Waals surface area contributed by atoms with Gasteiger partial charge >= 0.3 is 0 Å². The molecule has 1 heterocycles. The van der Waals surface area contributed by atoms with E-state index >= 15 is 0 Å². The van der Waals surface area contributed by atoms with Gasteiger partial charge in [-0.3, -0.25) is 4.72 Å². The van der Waals surface area contributed by atoms with Crippen LogP contribution in [0.1, 0.15) is 16.1 Å². The van der Waals surface area contributed by atoms with Gasteiger partial charge in [-0.2, -0.15) is 0 Å². The molecule has 9 heteroatoms. The van der Waals surface area contributed by atoms with Crippen LogP contribution in [0.25, 0.3) is 0 Å². The average molecular weight is 377 g/mol. The Hall–Kier alpha value is -1.03. The number of aryl methyl sites for hydroxylation is 1. The zero-order chi connectivity index (χ0) is 14.9. The Morgan fingerprint density at radius 3 is 2.60 bits per heavy atom. The summed E-state index contributed by atoms with van der Waals surface area (Å²) >= 11 is 4.53. The molecule has 2 rings (SSSR count). The average Bonchev–Trinajstić information content (AvgIpc) is 2.76. The Balaban J connectivity index is 2.46. The molecule has 0 spiro atoms. The summed E-state index contributed by atoms with van der Waals surface area (Å²) in [6.45, 7) is 3.75. The standard InChI is InChI=1S/C11H13BrN4O2S2/c1-6-9(12)3-8(5-13)4-10(6)20(17,18)16-11-15-14-7(2)19-11/h3-4H,5,13H2,1-2H3,(H,15,16). The molecule has 0 amide bonds. The number of benzene rings is 1. The van der Waals surface area contributed by atoms with E-state index in [0.29, 0.717) is 15.0 Å². The highest BCUT2D eigenvalue weighted by atomic mass is 79.9. The van der Waals surface area contributed by atoms with Crippen molar-refractivity contribution in [3.63, 3.8) is 0 Å². The SMILES string of the molecule is Cc1nnc(NS(=O)(=O)c2cc(CN)cc(Br)c2C)s1. The maximum absolute atomic E-state index is 12.4. The van der Waals surface area contributed by atoms with E-state index in [1.165, 1.54) is 11.3 Å². The van der Waals surface area contributed by atoms with Crippen molar-refractivity contribution < 1.29 is 8.42 Å². The van der Waals surface area contributed by atoms with Crippen LogP contribution in [0.4, 0.5) is 5.13 Å². The summed E-state index contributed by atoms with van der Waals surface area (Å²) in [5, 5.41) is 8.48. The molecule has 108 valence electrons. The molecule has 0 aliphatic carbocycles. The molecule has 3 N–H and O–H groups in total. The molecule has 0 unspecified atom stereocenters. The highest BCUT2D eigenvalue weighted by Crippen LogP contribution is 2.27. The van der Waals surface area contributed by atoms with Crippen molar-refractivity contribution in [1.82, 2.24) is 10.2 Å². The molecule has 0 bridgehead atoms. The molecule has 0 aliphatic heterocycles. The normalized spacial score (nSPS) is 11.6. The number of nitrogens with zero attached hydrogens (tertiary/aromatic N) is 2. The fourth-order valence-electron chi connectivity index (χ4n) is 1.61. The molecule has 0 saturated carbocycles. The summed E-state index contributed by atoms with van der Waals surface area (Å²) in [6.07, 6.45) is 0. The van der Waals surface area contributed by atoms with Crippen molar-refractivity contribution in [2.75, 3.05) is 4.72 Å². The molecule has 0 fully saturated rings. The van der Waals surface area contributed by atoms with Gasteiger partial charge in [-0.1, -0.05) is 27.3 Å². The summed E-state index contributed by atoms with van der Waals surface area (Å²) in [4.78, 5) is 0.181. The summed E-state index contributed by atoms with van der Waals surface area (Å²) < 4.78 is 28.0. The van der Waals surface area contributed by atoms with Crippen LogP contribution in [-0.4, -0.2) is 18.6 Å². The van der Waals surface area contributed by atoms with Gasteiger partial charge in [-0.15, -0.1) is 10.2 Å². The first-order valence-corrected chi connectivity index (χ1v) is 8.75. The number of nitrogens with two attached hydrogens (primary N) is 1. The number of nitrogens with one attached hydrogen (secondary N) is 1. The second-order valence-corrected chi connectivity index (χ2v) is 7.82. The van der Waals surface area contributed by atoms with Crippen molar-refractivity contribution in [2.24, 2.45) is 5.73 Å². The van der Waals surface area contributed by atoms with E-state index in [1.807, 2.05) is 6.07 Å². The first kappa shape index (κ1) is 15.4. The van der Waals surface area contributed by atoms with Gasteiger partial charge in [0, 0.05) is 11.0 Å². The molecule has 0 aliphatic rings. The highest BCUT2D eigenvalue weighted by molar-refractivity contribution is 9.10. The van der Waals surface area contributed by atoms with Gasteiger partial charge in [0.2, 0.25) is 5.13 Å². The van der Waals surface area contributed by atoms with Gasteiger partial charge in [0.05, 0.1) is 4.90 Å². The molecule has 20 heavy (non-hydrogen) atoms. The van der Waals surface area contributed by atoms with Gasteiger partial charge in [0.15, 0.2) is 0 Å². The second-order valence-electron chi connectivity index (χ2n) is 4.14. The fourth-order valence-corrected chi connectivity index (χ4v) is 4.39. The Bertz CT molecular complexity index is 743. The zero-order valence-electron chi connectivity index (χ0n) is 10.8. The van der Waals surface area contributed by atoms with E-state index in [2.05, 4.69) is 30.8 Å². The molecule has 0 atom stereocenters. The quantitative estimate of drug-likeness (QED) is 0.851.